The molecule has 0 saturated heterocycles. The van der Waals surface area contributed by atoms with Gasteiger partial charge in [0, 0.05) is 17.4 Å². The fourth-order valence-corrected chi connectivity index (χ4v) is 6.02. The summed E-state index contributed by atoms with van der Waals surface area (Å²) < 4.78 is 28.7. The number of hydrogen-bond donors (Lipinski definition) is 1. The Balaban J connectivity index is 1.84. The van der Waals surface area contributed by atoms with Crippen molar-refractivity contribution in [2.75, 3.05) is 11.6 Å². The Bertz CT molecular complexity index is 986. The SMILES string of the molecule is CCc1csc(N2N=C(C3=CC(F)CC=C3F)SC2(CCCN)c2ccccc2)n1. The number of aryl methyl sites for hydroxylation is 1. The number of nitrogens with zero attached hydrogens (tertiary/aromatic N) is 3. The molecule has 0 radical (unpaired) electrons. The molecule has 2 unspecified atom stereocenters. The normalized spacial score (nSPS) is 23.9. The number of hydrogen-bond acceptors (Lipinski definition) is 6. The minimum atomic E-state index is -1.21. The number of rotatable bonds is 7. The minimum absolute atomic E-state index is 0.0559. The molecule has 0 saturated carbocycles. The van der Waals surface area contributed by atoms with Crippen molar-refractivity contribution < 1.29 is 8.78 Å². The predicted molar refractivity (Wildman–Crippen MR) is 122 cm³/mol. The van der Waals surface area contributed by atoms with E-state index in [2.05, 4.69) is 6.92 Å². The number of nitrogens with two attached hydrogens (primary N) is 1. The molecule has 2 aliphatic rings. The summed E-state index contributed by atoms with van der Waals surface area (Å²) >= 11 is 2.97. The molecule has 1 aliphatic heterocycles. The summed E-state index contributed by atoms with van der Waals surface area (Å²) in [5.74, 6) is -0.425. The van der Waals surface area contributed by atoms with Gasteiger partial charge in [-0.05, 0) is 43.5 Å². The van der Waals surface area contributed by atoms with Crippen LogP contribution >= 0.6 is 23.1 Å². The zero-order valence-electron chi connectivity index (χ0n) is 16.7. The van der Waals surface area contributed by atoms with Crippen molar-refractivity contribution in [3.63, 3.8) is 0 Å². The number of allylic oxidation sites excluding steroid dienone is 3. The number of anilines is 1. The Kier molecular flexibility index (Phi) is 6.36. The predicted octanol–water partition coefficient (Wildman–Crippen LogP) is 5.69. The van der Waals surface area contributed by atoms with Crippen molar-refractivity contribution in [2.24, 2.45) is 10.8 Å². The molecular weight excluding hydrogens is 422 g/mol. The maximum atomic E-state index is 14.6. The number of alkyl halides is 1. The minimum Gasteiger partial charge on any atom is -0.330 e. The van der Waals surface area contributed by atoms with Crippen molar-refractivity contribution in [3.05, 3.63) is 70.5 Å². The van der Waals surface area contributed by atoms with E-state index < -0.39 is 16.9 Å². The number of benzene rings is 1. The quantitative estimate of drug-likeness (QED) is 0.594. The van der Waals surface area contributed by atoms with Crippen LogP contribution in [0.3, 0.4) is 0 Å². The first-order valence-electron chi connectivity index (χ1n) is 10.1. The van der Waals surface area contributed by atoms with Gasteiger partial charge >= 0.3 is 0 Å². The van der Waals surface area contributed by atoms with Crippen molar-refractivity contribution in [1.82, 2.24) is 4.98 Å². The van der Waals surface area contributed by atoms with E-state index in [4.69, 9.17) is 15.8 Å². The van der Waals surface area contributed by atoms with E-state index in [1.165, 1.54) is 35.3 Å². The second-order valence-corrected chi connectivity index (χ2v) is 9.32. The third kappa shape index (κ3) is 3.96. The number of halogens is 2. The van der Waals surface area contributed by atoms with Crippen molar-refractivity contribution in [3.8, 4) is 0 Å². The van der Waals surface area contributed by atoms with Crippen LogP contribution in [0.5, 0.6) is 0 Å². The van der Waals surface area contributed by atoms with Crippen LogP contribution in [0, 0.1) is 0 Å². The average molecular weight is 447 g/mol. The monoisotopic (exact) mass is 446 g/mol. The lowest BCUT2D eigenvalue weighted by Crippen LogP contribution is -2.38. The first kappa shape index (κ1) is 21.2. The van der Waals surface area contributed by atoms with E-state index >= 15 is 0 Å². The number of hydrazone groups is 1. The van der Waals surface area contributed by atoms with Gasteiger partial charge in [0.15, 0.2) is 0 Å². The van der Waals surface area contributed by atoms with E-state index in [9.17, 15) is 8.78 Å². The third-order valence-electron chi connectivity index (χ3n) is 5.18. The van der Waals surface area contributed by atoms with Crippen molar-refractivity contribution >= 4 is 33.3 Å². The molecule has 2 heterocycles. The highest BCUT2D eigenvalue weighted by Gasteiger charge is 2.48. The first-order chi connectivity index (χ1) is 14.6. The molecule has 30 heavy (non-hydrogen) atoms. The highest BCUT2D eigenvalue weighted by atomic mass is 32.2. The van der Waals surface area contributed by atoms with E-state index in [0.717, 1.165) is 29.2 Å². The van der Waals surface area contributed by atoms with Gasteiger partial charge < -0.3 is 5.73 Å². The van der Waals surface area contributed by atoms with Crippen LogP contribution in [0.15, 0.2) is 64.4 Å². The molecular formula is C22H24F2N4S2. The van der Waals surface area contributed by atoms with E-state index in [0.29, 0.717) is 18.0 Å². The van der Waals surface area contributed by atoms with Crippen LogP contribution in [0.2, 0.25) is 0 Å². The molecule has 2 aromatic rings. The largest absolute Gasteiger partial charge is 0.330 e. The lowest BCUT2D eigenvalue weighted by atomic mass is 10.0. The lowest BCUT2D eigenvalue weighted by molar-refractivity contribution is 0.395. The summed E-state index contributed by atoms with van der Waals surface area (Å²) in [6.07, 6.45) is 3.76. The van der Waals surface area contributed by atoms with Gasteiger partial charge in [0.2, 0.25) is 5.13 Å². The van der Waals surface area contributed by atoms with Crippen molar-refractivity contribution in [2.45, 2.75) is 43.6 Å². The molecule has 1 aromatic heterocycles. The summed E-state index contributed by atoms with van der Waals surface area (Å²) in [6, 6.07) is 10.0. The molecule has 158 valence electrons. The highest BCUT2D eigenvalue weighted by molar-refractivity contribution is 8.15. The fraction of sp³-hybridized carbons (Fsp3) is 0.364. The van der Waals surface area contributed by atoms with Gasteiger partial charge in [0.05, 0.1) is 5.69 Å². The molecule has 0 spiro atoms. The molecule has 1 aliphatic carbocycles. The Hall–Kier alpha value is -2.03. The van der Waals surface area contributed by atoms with Gasteiger partial charge in [-0.2, -0.15) is 5.10 Å². The Morgan fingerprint density at radius 2 is 2.10 bits per heavy atom. The fourth-order valence-electron chi connectivity index (χ4n) is 3.61. The van der Waals surface area contributed by atoms with Crippen LogP contribution in [-0.2, 0) is 11.3 Å². The lowest BCUT2D eigenvalue weighted by Gasteiger charge is -2.35. The molecule has 1 aromatic carbocycles. The second-order valence-electron chi connectivity index (χ2n) is 7.22. The highest BCUT2D eigenvalue weighted by Crippen LogP contribution is 2.53. The van der Waals surface area contributed by atoms with E-state index in [1.54, 1.807) is 0 Å². The first-order valence-corrected chi connectivity index (χ1v) is 11.8. The molecule has 0 fully saturated rings. The third-order valence-corrected chi connectivity index (χ3v) is 7.49. The summed E-state index contributed by atoms with van der Waals surface area (Å²) in [5.41, 5.74) is 8.10. The van der Waals surface area contributed by atoms with Crippen LogP contribution in [-0.4, -0.2) is 22.7 Å². The van der Waals surface area contributed by atoms with Crippen LogP contribution in [0.25, 0.3) is 0 Å². The topological polar surface area (TPSA) is 54.5 Å². The van der Waals surface area contributed by atoms with Gasteiger partial charge in [-0.15, -0.1) is 11.3 Å². The standard InChI is InChI=1S/C22H24F2N4S2/c1-2-17-14-29-21(26-17)28-22(11-6-12-25,15-7-4-3-5-8-15)30-20(27-28)18-13-16(23)9-10-19(18)24/h3-5,7-8,10,13-14,16H,2,6,9,11-12,25H2,1H3. The molecule has 0 amide bonds. The molecule has 2 atom stereocenters. The molecule has 2 N–H and O–H groups in total. The molecule has 4 nitrogen and oxygen atoms in total. The smallest absolute Gasteiger partial charge is 0.207 e. The Labute approximate surface area is 183 Å². The van der Waals surface area contributed by atoms with Gasteiger partial charge in [-0.3, -0.25) is 0 Å². The second kappa shape index (κ2) is 8.99. The summed E-state index contributed by atoms with van der Waals surface area (Å²) in [6.45, 7) is 2.58. The van der Waals surface area contributed by atoms with Crippen LogP contribution in [0.1, 0.15) is 37.4 Å². The number of thiazole rings is 1. The zero-order chi connectivity index (χ0) is 21.1. The summed E-state index contributed by atoms with van der Waals surface area (Å²) in [4.78, 5) is 4.12. The van der Waals surface area contributed by atoms with Gasteiger partial charge in [0.1, 0.15) is 21.9 Å². The summed E-state index contributed by atoms with van der Waals surface area (Å²) in [5, 5.41) is 9.92. The maximum absolute atomic E-state index is 14.6. The molecule has 8 heteroatoms. The van der Waals surface area contributed by atoms with E-state index in [1.807, 2.05) is 40.7 Å². The number of aromatic nitrogens is 1. The van der Waals surface area contributed by atoms with Gasteiger partial charge in [-0.1, -0.05) is 49.0 Å². The number of thioether (sulfide) groups is 1. The zero-order valence-corrected chi connectivity index (χ0v) is 18.4. The molecule has 4 rings (SSSR count). The average Bonchev–Trinajstić information content (AvgIpc) is 3.40. The Morgan fingerprint density at radius 3 is 2.80 bits per heavy atom. The van der Waals surface area contributed by atoms with Crippen molar-refractivity contribution in [1.29, 1.82) is 0 Å². The van der Waals surface area contributed by atoms with E-state index in [-0.39, 0.29) is 12.0 Å². The van der Waals surface area contributed by atoms with Gasteiger partial charge in [-0.25, -0.2) is 18.8 Å². The van der Waals surface area contributed by atoms with Crippen LogP contribution in [0.4, 0.5) is 13.9 Å². The van der Waals surface area contributed by atoms with Crippen LogP contribution < -0.4 is 10.7 Å². The Morgan fingerprint density at radius 1 is 1.30 bits per heavy atom. The maximum Gasteiger partial charge on any atom is 0.207 e. The van der Waals surface area contributed by atoms with Gasteiger partial charge in [0.25, 0.3) is 0 Å². The molecule has 0 bridgehead atoms. The summed E-state index contributed by atoms with van der Waals surface area (Å²) in [7, 11) is 0.